The van der Waals surface area contributed by atoms with Crippen molar-refractivity contribution in [3.8, 4) is 11.5 Å². The predicted molar refractivity (Wildman–Crippen MR) is 134 cm³/mol. The number of hydrogen-bond acceptors (Lipinski definition) is 7. The van der Waals surface area contributed by atoms with E-state index < -0.39 is 11.9 Å². The molecule has 186 valence electrons. The third-order valence-corrected chi connectivity index (χ3v) is 4.92. The summed E-state index contributed by atoms with van der Waals surface area (Å²) >= 11 is 0. The van der Waals surface area contributed by atoms with Crippen molar-refractivity contribution in [2.75, 3.05) is 20.3 Å². The zero-order chi connectivity index (χ0) is 25.8. The smallest absolute Gasteiger partial charge is 0.337 e. The molecule has 0 aliphatic heterocycles. The lowest BCUT2D eigenvalue weighted by Gasteiger charge is -2.09. The Morgan fingerprint density at radius 3 is 2.28 bits per heavy atom. The van der Waals surface area contributed by atoms with Gasteiger partial charge in [-0.3, -0.25) is 9.59 Å². The maximum Gasteiger partial charge on any atom is 0.337 e. The summed E-state index contributed by atoms with van der Waals surface area (Å²) < 4.78 is 15.9. The first kappa shape index (κ1) is 26.0. The van der Waals surface area contributed by atoms with Crippen LogP contribution in [0.3, 0.4) is 0 Å². The Labute approximate surface area is 209 Å². The lowest BCUT2D eigenvalue weighted by molar-refractivity contribution is -0.120. The topological polar surface area (TPSA) is 115 Å². The van der Waals surface area contributed by atoms with Gasteiger partial charge in [-0.15, -0.1) is 0 Å². The highest BCUT2D eigenvalue weighted by molar-refractivity contribution is 5.96. The molecule has 0 heterocycles. The van der Waals surface area contributed by atoms with Crippen LogP contribution in [0.15, 0.2) is 77.9 Å². The lowest BCUT2D eigenvalue weighted by Crippen LogP contribution is -2.34. The van der Waals surface area contributed by atoms with E-state index in [2.05, 4.69) is 15.8 Å². The SMILES string of the molecule is CCOc1ccc(C(=O)NCC(=O)N/N=C/c2ccccc2OCc2ccc(C(=O)OC)cc2)cc1. The van der Waals surface area contributed by atoms with Gasteiger partial charge in [-0.2, -0.15) is 5.10 Å². The minimum absolute atomic E-state index is 0.233. The molecule has 0 radical (unpaired) electrons. The molecule has 0 aliphatic carbocycles. The molecule has 0 aromatic heterocycles. The third-order valence-electron chi connectivity index (χ3n) is 4.92. The number of carbonyl (C=O) groups is 3. The van der Waals surface area contributed by atoms with E-state index in [-0.39, 0.29) is 19.1 Å². The van der Waals surface area contributed by atoms with Gasteiger partial charge >= 0.3 is 5.97 Å². The molecule has 9 nitrogen and oxygen atoms in total. The second-order valence-corrected chi connectivity index (χ2v) is 7.45. The number of ether oxygens (including phenoxy) is 3. The summed E-state index contributed by atoms with van der Waals surface area (Å²) in [7, 11) is 1.33. The molecule has 2 amide bonds. The van der Waals surface area contributed by atoms with E-state index >= 15 is 0 Å². The van der Waals surface area contributed by atoms with Crippen LogP contribution >= 0.6 is 0 Å². The van der Waals surface area contributed by atoms with Crippen molar-refractivity contribution in [3.05, 3.63) is 95.1 Å². The van der Waals surface area contributed by atoms with Crippen molar-refractivity contribution in [3.63, 3.8) is 0 Å². The zero-order valence-electron chi connectivity index (χ0n) is 20.0. The molecule has 0 aliphatic rings. The summed E-state index contributed by atoms with van der Waals surface area (Å²) in [5, 5.41) is 6.50. The molecule has 0 spiro atoms. The summed E-state index contributed by atoms with van der Waals surface area (Å²) in [5.41, 5.74) is 4.78. The Bertz CT molecular complexity index is 1210. The Morgan fingerprint density at radius 2 is 1.58 bits per heavy atom. The normalized spacial score (nSPS) is 10.5. The quantitative estimate of drug-likeness (QED) is 0.243. The van der Waals surface area contributed by atoms with Crippen LogP contribution in [-0.4, -0.2) is 44.3 Å². The van der Waals surface area contributed by atoms with Gasteiger partial charge in [-0.25, -0.2) is 10.2 Å². The van der Waals surface area contributed by atoms with Gasteiger partial charge in [0.2, 0.25) is 0 Å². The highest BCUT2D eigenvalue weighted by Gasteiger charge is 2.09. The van der Waals surface area contributed by atoms with Crippen LogP contribution in [0.25, 0.3) is 0 Å². The molecule has 3 aromatic carbocycles. The van der Waals surface area contributed by atoms with Gasteiger partial charge in [0.1, 0.15) is 18.1 Å². The fourth-order valence-corrected chi connectivity index (χ4v) is 3.08. The van der Waals surface area contributed by atoms with Crippen LogP contribution in [0.5, 0.6) is 11.5 Å². The van der Waals surface area contributed by atoms with E-state index in [1.807, 2.05) is 19.1 Å². The zero-order valence-corrected chi connectivity index (χ0v) is 20.0. The first-order chi connectivity index (χ1) is 17.5. The Kier molecular flexibility index (Phi) is 9.58. The van der Waals surface area contributed by atoms with Crippen molar-refractivity contribution in [2.45, 2.75) is 13.5 Å². The Morgan fingerprint density at radius 1 is 0.889 bits per heavy atom. The number of nitrogens with zero attached hydrogens (tertiary/aromatic N) is 1. The molecule has 3 aromatic rings. The van der Waals surface area contributed by atoms with Gasteiger partial charge in [0.05, 0.1) is 32.0 Å². The molecular formula is C27H27N3O6. The molecule has 0 saturated heterocycles. The maximum absolute atomic E-state index is 12.2. The monoisotopic (exact) mass is 489 g/mol. The second-order valence-electron chi connectivity index (χ2n) is 7.45. The summed E-state index contributed by atoms with van der Waals surface area (Å²) in [6.07, 6.45) is 1.46. The van der Waals surface area contributed by atoms with E-state index in [9.17, 15) is 14.4 Å². The second kappa shape index (κ2) is 13.3. The van der Waals surface area contributed by atoms with Crippen molar-refractivity contribution < 1.29 is 28.6 Å². The largest absolute Gasteiger partial charge is 0.494 e. The van der Waals surface area contributed by atoms with E-state index in [0.717, 1.165) is 5.56 Å². The molecule has 0 bridgehead atoms. The molecule has 9 heteroatoms. The fourth-order valence-electron chi connectivity index (χ4n) is 3.08. The standard InChI is InChI=1S/C27H27N3O6/c1-3-35-23-14-12-20(13-15-23)26(32)28-17-25(31)30-29-16-22-6-4-5-7-24(22)36-18-19-8-10-21(11-9-19)27(33)34-2/h4-16H,3,17-18H2,1-2H3,(H,28,32)(H,30,31)/b29-16+. The number of hydrogen-bond donors (Lipinski definition) is 2. The Hall–Kier alpha value is -4.66. The fraction of sp³-hybridized carbons (Fsp3) is 0.185. The molecule has 36 heavy (non-hydrogen) atoms. The number of hydrazone groups is 1. The molecule has 0 unspecified atom stereocenters. The van der Waals surface area contributed by atoms with Gasteiger partial charge in [0.25, 0.3) is 11.8 Å². The number of para-hydroxylation sites is 1. The molecule has 0 saturated carbocycles. The van der Waals surface area contributed by atoms with E-state index in [4.69, 9.17) is 14.2 Å². The Balaban J connectivity index is 1.48. The first-order valence-electron chi connectivity index (χ1n) is 11.2. The van der Waals surface area contributed by atoms with Crippen molar-refractivity contribution in [2.24, 2.45) is 5.10 Å². The number of methoxy groups -OCH3 is 1. The van der Waals surface area contributed by atoms with Crippen LogP contribution in [0.4, 0.5) is 0 Å². The minimum atomic E-state index is -0.477. The van der Waals surface area contributed by atoms with Crippen molar-refractivity contribution in [1.82, 2.24) is 10.7 Å². The summed E-state index contributed by atoms with van der Waals surface area (Å²) in [6, 6.07) is 20.8. The third kappa shape index (κ3) is 7.69. The van der Waals surface area contributed by atoms with Crippen LogP contribution in [0.2, 0.25) is 0 Å². The summed E-state index contributed by atoms with van der Waals surface area (Å²) in [4.78, 5) is 35.8. The maximum atomic E-state index is 12.2. The van der Waals surface area contributed by atoms with Crippen LogP contribution in [-0.2, 0) is 16.1 Å². The van der Waals surface area contributed by atoms with Gasteiger partial charge in [0, 0.05) is 11.1 Å². The van der Waals surface area contributed by atoms with Crippen LogP contribution in [0, 0.1) is 0 Å². The summed E-state index contributed by atoms with van der Waals surface area (Å²) in [6.45, 7) is 2.45. The van der Waals surface area contributed by atoms with Gasteiger partial charge in [0.15, 0.2) is 0 Å². The number of amides is 2. The van der Waals surface area contributed by atoms with E-state index in [1.54, 1.807) is 60.7 Å². The van der Waals surface area contributed by atoms with Gasteiger partial charge in [-0.05, 0) is 61.0 Å². The average molecular weight is 490 g/mol. The van der Waals surface area contributed by atoms with Gasteiger partial charge in [-0.1, -0.05) is 24.3 Å². The number of esters is 1. The molecular weight excluding hydrogens is 462 g/mol. The average Bonchev–Trinajstić information content (AvgIpc) is 2.91. The van der Waals surface area contributed by atoms with E-state index in [1.165, 1.54) is 13.3 Å². The molecule has 0 atom stereocenters. The number of carbonyl (C=O) groups excluding carboxylic acids is 3. The first-order valence-corrected chi connectivity index (χ1v) is 11.2. The highest BCUT2D eigenvalue weighted by Crippen LogP contribution is 2.18. The van der Waals surface area contributed by atoms with Crippen LogP contribution in [0.1, 0.15) is 38.8 Å². The molecule has 3 rings (SSSR count). The van der Waals surface area contributed by atoms with E-state index in [0.29, 0.717) is 34.8 Å². The number of rotatable bonds is 11. The number of benzene rings is 3. The summed E-state index contributed by atoms with van der Waals surface area (Å²) in [5.74, 6) is -0.0230. The minimum Gasteiger partial charge on any atom is -0.494 e. The van der Waals surface area contributed by atoms with Crippen molar-refractivity contribution >= 4 is 24.0 Å². The molecule has 2 N–H and O–H groups in total. The van der Waals surface area contributed by atoms with Crippen LogP contribution < -0.4 is 20.2 Å². The lowest BCUT2D eigenvalue weighted by atomic mass is 10.1. The number of nitrogens with one attached hydrogen (secondary N) is 2. The molecule has 0 fully saturated rings. The predicted octanol–water partition coefficient (Wildman–Crippen LogP) is 3.33. The highest BCUT2D eigenvalue weighted by atomic mass is 16.5. The van der Waals surface area contributed by atoms with Crippen molar-refractivity contribution in [1.29, 1.82) is 0 Å². The van der Waals surface area contributed by atoms with Gasteiger partial charge < -0.3 is 19.5 Å².